The maximum atomic E-state index is 10.3. The molecule has 0 amide bonds. The molecule has 0 aliphatic carbocycles. The maximum Gasteiger partial charge on any atom is 0.339 e. The van der Waals surface area contributed by atoms with Crippen LogP contribution in [-0.2, 0) is 38.4 Å². The van der Waals surface area contributed by atoms with Gasteiger partial charge in [-0.25, -0.2) is 38.4 Å². The third-order valence-corrected chi connectivity index (χ3v) is 8.16. The van der Waals surface area contributed by atoms with E-state index < -0.39 is 96.7 Å². The molecule has 0 heterocycles. The smallest absolute Gasteiger partial charge is 0.339 e. The van der Waals surface area contributed by atoms with Crippen LogP contribution in [0.15, 0.2) is 182 Å². The summed E-state index contributed by atoms with van der Waals surface area (Å²) in [7, 11) is 0. The van der Waals surface area contributed by atoms with Gasteiger partial charge in [0.05, 0.1) is 11.1 Å². The monoisotopic (exact) mass is 1170 g/mol. The molecule has 0 fully saturated rings. The molecule has 84 heavy (non-hydrogen) atoms. The average molecular weight is 1180 g/mol. The lowest BCUT2D eigenvalue weighted by atomic mass is 10.2. The Morgan fingerprint density at radius 3 is 0.690 bits per heavy atom. The van der Waals surface area contributed by atoms with E-state index >= 15 is 0 Å². The van der Waals surface area contributed by atoms with Crippen molar-refractivity contribution in [2.75, 3.05) is 0 Å². The molecule has 0 saturated heterocycles. The molecular weight excluding hydrogens is 1120 g/mol. The number of hydrogen-bond donors (Lipinski definition) is 16. The fraction of sp³-hybridized carbons (Fsp3) is 0.0714. The van der Waals surface area contributed by atoms with Gasteiger partial charge in [-0.15, -0.1) is 0 Å². The fourth-order valence-corrected chi connectivity index (χ4v) is 4.46. The Labute approximate surface area is 473 Å². The van der Waals surface area contributed by atoms with Gasteiger partial charge in [-0.3, -0.25) is 19.2 Å². The molecule has 6 aromatic carbocycles. The highest BCUT2D eigenvalue weighted by molar-refractivity contribution is 5.92. The van der Waals surface area contributed by atoms with Crippen LogP contribution in [0.1, 0.15) is 65.4 Å². The van der Waals surface area contributed by atoms with Crippen LogP contribution in [0.4, 0.5) is 0 Å². The Hall–Kier alpha value is -12.0. The van der Waals surface area contributed by atoms with E-state index in [0.29, 0.717) is 11.1 Å². The minimum absolute atomic E-state index is 0.0671. The minimum atomic E-state index is -2.27. The summed E-state index contributed by atoms with van der Waals surface area (Å²) in [5, 5.41) is 131. The minimum Gasteiger partial charge on any atom is -0.507 e. The molecule has 0 radical (unpaired) electrons. The number of aromatic hydroxyl groups is 2. The first-order valence-corrected chi connectivity index (χ1v) is 22.5. The predicted octanol–water partition coefficient (Wildman–Crippen LogP) is 5.49. The second-order valence-corrected chi connectivity index (χ2v) is 14.6. The number of carboxylic acids is 12. The van der Waals surface area contributed by atoms with Crippen LogP contribution in [0.2, 0.25) is 0 Å². The van der Waals surface area contributed by atoms with Crippen LogP contribution in [-0.4, -0.2) is 166 Å². The van der Waals surface area contributed by atoms with Gasteiger partial charge in [0.15, 0.2) is 12.2 Å². The zero-order valence-corrected chi connectivity index (χ0v) is 43.1. The van der Waals surface area contributed by atoms with Crippen molar-refractivity contribution >= 4 is 83.8 Å². The highest BCUT2D eigenvalue weighted by Gasteiger charge is 2.29. The molecule has 0 aliphatic heterocycles. The number of phenols is 2. The summed E-state index contributed by atoms with van der Waals surface area (Å²) in [6, 6.07) is 46.8. The van der Waals surface area contributed by atoms with Gasteiger partial charge in [0.25, 0.3) is 0 Å². The Morgan fingerprint density at radius 1 is 0.310 bits per heavy atom. The number of carbonyl (C=O) groups is 12. The molecule has 28 nitrogen and oxygen atoms in total. The van der Waals surface area contributed by atoms with Gasteiger partial charge in [-0.05, 0) is 71.8 Å². The molecule has 6 aromatic rings. The maximum absolute atomic E-state index is 10.3. The Balaban J connectivity index is -0.000000882. The number of hydrogen-bond acceptors (Lipinski definition) is 16. The van der Waals surface area contributed by atoms with E-state index in [1.54, 1.807) is 97.1 Å². The number of rotatable bonds is 15. The molecular formula is C56H54O28. The van der Waals surface area contributed by atoms with Gasteiger partial charge < -0.3 is 81.7 Å². The van der Waals surface area contributed by atoms with Gasteiger partial charge in [0.2, 0.25) is 0 Å². The summed E-state index contributed by atoms with van der Waals surface area (Å²) in [6.07, 6.45) is -0.787. The molecule has 0 aliphatic rings. The highest BCUT2D eigenvalue weighted by Crippen LogP contribution is 2.15. The molecule has 0 bridgehead atoms. The fourth-order valence-electron chi connectivity index (χ4n) is 4.46. The second kappa shape index (κ2) is 44.9. The van der Waals surface area contributed by atoms with Crippen LogP contribution in [0.25, 0.3) is 12.2 Å². The number of aliphatic hydroxyl groups excluding tert-OH is 2. The van der Waals surface area contributed by atoms with E-state index in [1.165, 1.54) is 24.3 Å². The molecule has 2 unspecified atom stereocenters. The van der Waals surface area contributed by atoms with Crippen LogP contribution in [0.3, 0.4) is 0 Å². The number of carboxylic acid groups (broad SMARTS) is 12. The largest absolute Gasteiger partial charge is 0.507 e. The van der Waals surface area contributed by atoms with E-state index in [-0.39, 0.29) is 22.6 Å². The van der Waals surface area contributed by atoms with Gasteiger partial charge in [-0.1, -0.05) is 121 Å². The van der Waals surface area contributed by atoms with Crippen molar-refractivity contribution < 1.29 is 139 Å². The zero-order chi connectivity index (χ0) is 64.7. The van der Waals surface area contributed by atoms with Gasteiger partial charge in [-0.2, -0.15) is 0 Å². The van der Waals surface area contributed by atoms with E-state index in [0.717, 1.165) is 23.3 Å². The topological polar surface area (TPSA) is 529 Å². The number of aromatic carboxylic acids is 4. The summed E-state index contributed by atoms with van der Waals surface area (Å²) in [6.45, 7) is 0. The molecule has 446 valence electrons. The Kier molecular flexibility index (Phi) is 40.7. The van der Waals surface area contributed by atoms with Crippen molar-refractivity contribution in [1.82, 2.24) is 0 Å². The van der Waals surface area contributed by atoms with E-state index in [2.05, 4.69) is 0 Å². The second-order valence-electron chi connectivity index (χ2n) is 14.6. The lowest BCUT2D eigenvalue weighted by molar-refractivity contribution is -0.165. The van der Waals surface area contributed by atoms with Gasteiger partial charge in [0, 0.05) is 12.2 Å². The number of para-hydroxylation sites is 2. The quantitative estimate of drug-likeness (QED) is 0.0446. The van der Waals surface area contributed by atoms with Crippen molar-refractivity contribution in [3.63, 3.8) is 0 Å². The van der Waals surface area contributed by atoms with Crippen molar-refractivity contribution in [1.29, 1.82) is 0 Å². The first-order chi connectivity index (χ1) is 39.3. The summed E-state index contributed by atoms with van der Waals surface area (Å²) >= 11 is 0. The van der Waals surface area contributed by atoms with Crippen molar-refractivity contribution in [3.05, 3.63) is 215 Å². The lowest BCUT2D eigenvalue weighted by Gasteiger charge is -2.07. The van der Waals surface area contributed by atoms with Gasteiger partial charge in [0.1, 0.15) is 35.5 Å². The third kappa shape index (κ3) is 43.0. The molecule has 0 aromatic heterocycles. The SMILES string of the molecule is O=C(O)C(O)C(O)C(=O)O.O=C(O)C=Cc1ccccc1.O=C(O)C=Cc1ccccc1.O=C(O)CC(=O)O.O=C(O)CC(=O)O.O=C(O)c1ccccc1.O=C(O)c1ccccc1.O=C(O)c1ccccc1O.O=C(O)c1ccccc1O. The van der Waals surface area contributed by atoms with E-state index in [4.69, 9.17) is 81.7 Å². The van der Waals surface area contributed by atoms with Gasteiger partial charge >= 0.3 is 71.6 Å². The van der Waals surface area contributed by atoms with Crippen molar-refractivity contribution in [2.45, 2.75) is 25.0 Å². The molecule has 0 spiro atoms. The molecule has 2 atom stereocenters. The molecule has 0 saturated carbocycles. The molecule has 16 N–H and O–H groups in total. The first kappa shape index (κ1) is 76.2. The Morgan fingerprint density at radius 2 is 0.536 bits per heavy atom. The summed E-state index contributed by atoms with van der Waals surface area (Å²) in [5.41, 5.74) is 2.32. The summed E-state index contributed by atoms with van der Waals surface area (Å²) < 4.78 is 0. The van der Waals surface area contributed by atoms with E-state index in [1.807, 2.05) is 60.7 Å². The van der Waals surface area contributed by atoms with Crippen molar-refractivity contribution in [2.24, 2.45) is 0 Å². The number of aliphatic hydroxyl groups is 2. The highest BCUT2D eigenvalue weighted by atomic mass is 16.4. The lowest BCUT2D eigenvalue weighted by Crippen LogP contribution is -2.39. The summed E-state index contributed by atoms with van der Waals surface area (Å²) in [5.74, 6) is -15.0. The van der Waals surface area contributed by atoms with Crippen LogP contribution < -0.4 is 0 Å². The first-order valence-electron chi connectivity index (χ1n) is 22.5. The average Bonchev–Trinajstić information content (AvgIpc) is 3.50. The van der Waals surface area contributed by atoms with Crippen molar-refractivity contribution in [3.8, 4) is 11.5 Å². The van der Waals surface area contributed by atoms with Crippen LogP contribution in [0, 0.1) is 0 Å². The normalized spacial score (nSPS) is 9.98. The standard InChI is InChI=1S/2C9H8O2.2C7H6O3.2C7H6O2.C4H6O6.2C3H4O4/c2*10-9(11)7-6-8-4-2-1-3-5-8;2*8-6-4-2-1-3-5(6)7(9)10;2*8-7(9)6-4-2-1-3-5-6;5-1(3(7)8)2(6)4(9)10;2*4-2(5)1-3(6)7/h2*1-7H,(H,10,11);2*1-4,8H,(H,9,10);2*1-5H,(H,8,9);1-2,5-6H,(H,7,8)(H,9,10);2*1H2,(H,4,5)(H,6,7). The Bertz CT molecular complexity index is 2850. The molecule has 28 heteroatoms. The number of benzene rings is 6. The van der Waals surface area contributed by atoms with E-state index in [9.17, 15) is 57.5 Å². The van der Waals surface area contributed by atoms with Crippen LogP contribution in [0.5, 0.6) is 11.5 Å². The number of aliphatic carboxylic acids is 8. The zero-order valence-electron chi connectivity index (χ0n) is 43.1. The van der Waals surface area contributed by atoms with Crippen LogP contribution >= 0.6 is 0 Å². The third-order valence-electron chi connectivity index (χ3n) is 8.16. The predicted molar refractivity (Wildman–Crippen MR) is 290 cm³/mol. The molecule has 6 rings (SSSR count). The summed E-state index contributed by atoms with van der Waals surface area (Å²) in [4.78, 5) is 118.